The Kier molecular flexibility index (Phi) is 3.48. The summed E-state index contributed by atoms with van der Waals surface area (Å²) in [7, 11) is 0. The number of hydrogen-bond donors (Lipinski definition) is 2. The average Bonchev–Trinajstić information content (AvgIpc) is 3.06. The van der Waals surface area contributed by atoms with Crippen LogP contribution in [0.1, 0.15) is 25.7 Å². The number of thiophene rings is 1. The minimum Gasteiger partial charge on any atom is -0.365 e. The van der Waals surface area contributed by atoms with E-state index in [2.05, 4.69) is 27.8 Å². The van der Waals surface area contributed by atoms with Crippen molar-refractivity contribution in [2.75, 3.05) is 11.9 Å². The van der Waals surface area contributed by atoms with Crippen LogP contribution in [0.15, 0.2) is 23.7 Å². The highest BCUT2D eigenvalue weighted by Crippen LogP contribution is 2.31. The molecule has 0 bridgehead atoms. The van der Waals surface area contributed by atoms with Gasteiger partial charge in [-0.25, -0.2) is 4.98 Å². The van der Waals surface area contributed by atoms with Crippen LogP contribution in [-0.2, 0) is 0 Å². The topological polar surface area (TPSA) is 50.9 Å². The SMILES string of the molecule is NCC(Nc1nccc2sccc12)C1CCCC1. The Labute approximate surface area is 111 Å². The summed E-state index contributed by atoms with van der Waals surface area (Å²) in [5, 5.41) is 6.91. The molecular weight excluding hydrogens is 242 g/mol. The van der Waals surface area contributed by atoms with Gasteiger partial charge in [-0.05, 0) is 36.3 Å². The molecule has 96 valence electrons. The second-order valence-electron chi connectivity index (χ2n) is 5.02. The molecule has 1 aliphatic rings. The first kappa shape index (κ1) is 11.9. The molecule has 3 nitrogen and oxygen atoms in total. The summed E-state index contributed by atoms with van der Waals surface area (Å²) in [6.07, 6.45) is 7.17. The van der Waals surface area contributed by atoms with Crippen LogP contribution in [0.5, 0.6) is 0 Å². The Morgan fingerprint density at radius 2 is 2.22 bits per heavy atom. The molecule has 1 aliphatic carbocycles. The van der Waals surface area contributed by atoms with Gasteiger partial charge in [0.05, 0.1) is 0 Å². The van der Waals surface area contributed by atoms with E-state index in [4.69, 9.17) is 5.73 Å². The van der Waals surface area contributed by atoms with Gasteiger partial charge >= 0.3 is 0 Å². The maximum absolute atomic E-state index is 5.93. The molecule has 0 spiro atoms. The first-order chi connectivity index (χ1) is 8.88. The van der Waals surface area contributed by atoms with E-state index in [0.29, 0.717) is 18.5 Å². The van der Waals surface area contributed by atoms with Gasteiger partial charge in [-0.15, -0.1) is 11.3 Å². The molecule has 0 aromatic carbocycles. The quantitative estimate of drug-likeness (QED) is 0.888. The van der Waals surface area contributed by atoms with Crippen molar-refractivity contribution in [3.63, 3.8) is 0 Å². The molecule has 2 heterocycles. The van der Waals surface area contributed by atoms with E-state index in [-0.39, 0.29) is 0 Å². The van der Waals surface area contributed by atoms with E-state index < -0.39 is 0 Å². The molecule has 0 radical (unpaired) electrons. The number of hydrogen-bond acceptors (Lipinski definition) is 4. The number of nitrogens with zero attached hydrogens (tertiary/aromatic N) is 1. The predicted octanol–water partition coefficient (Wildman–Crippen LogP) is 3.23. The Balaban J connectivity index is 1.83. The predicted molar refractivity (Wildman–Crippen MR) is 78.0 cm³/mol. The number of aromatic nitrogens is 1. The van der Waals surface area contributed by atoms with Crippen LogP contribution < -0.4 is 11.1 Å². The van der Waals surface area contributed by atoms with Crippen molar-refractivity contribution in [3.8, 4) is 0 Å². The molecule has 2 aromatic heterocycles. The number of nitrogens with two attached hydrogens (primary N) is 1. The van der Waals surface area contributed by atoms with Crippen molar-refractivity contribution >= 4 is 27.2 Å². The van der Waals surface area contributed by atoms with Crippen molar-refractivity contribution in [1.82, 2.24) is 4.98 Å². The minimum atomic E-state index is 0.366. The second-order valence-corrected chi connectivity index (χ2v) is 5.97. The Morgan fingerprint density at radius 1 is 1.39 bits per heavy atom. The Morgan fingerprint density at radius 3 is 3.00 bits per heavy atom. The average molecular weight is 261 g/mol. The number of anilines is 1. The largest absolute Gasteiger partial charge is 0.365 e. The normalized spacial score (nSPS) is 18.3. The van der Waals surface area contributed by atoms with Gasteiger partial charge < -0.3 is 11.1 Å². The summed E-state index contributed by atoms with van der Waals surface area (Å²) in [6, 6.07) is 4.57. The Bertz CT molecular complexity index is 516. The third-order valence-corrected chi connectivity index (χ3v) is 4.81. The van der Waals surface area contributed by atoms with Crippen LogP contribution in [0.4, 0.5) is 5.82 Å². The van der Waals surface area contributed by atoms with Crippen LogP contribution in [0, 0.1) is 5.92 Å². The van der Waals surface area contributed by atoms with Crippen molar-refractivity contribution in [2.45, 2.75) is 31.7 Å². The zero-order valence-corrected chi connectivity index (χ0v) is 11.2. The molecular formula is C14H19N3S. The fourth-order valence-electron chi connectivity index (χ4n) is 2.91. The van der Waals surface area contributed by atoms with Crippen LogP contribution >= 0.6 is 11.3 Å². The lowest BCUT2D eigenvalue weighted by molar-refractivity contribution is 0.461. The van der Waals surface area contributed by atoms with Gasteiger partial charge in [0.25, 0.3) is 0 Å². The first-order valence-electron chi connectivity index (χ1n) is 6.67. The van der Waals surface area contributed by atoms with Crippen molar-refractivity contribution in [3.05, 3.63) is 23.7 Å². The van der Waals surface area contributed by atoms with Crippen molar-refractivity contribution < 1.29 is 0 Å². The summed E-state index contributed by atoms with van der Waals surface area (Å²) in [5.74, 6) is 1.71. The molecule has 1 unspecified atom stereocenters. The van der Waals surface area contributed by atoms with Gasteiger partial charge in [-0.2, -0.15) is 0 Å². The second kappa shape index (κ2) is 5.24. The molecule has 3 N–H and O–H groups in total. The van der Waals surface area contributed by atoms with E-state index in [1.165, 1.54) is 35.8 Å². The standard InChI is InChI=1S/C14H19N3S/c15-9-12(10-3-1-2-4-10)17-14-11-6-8-18-13(11)5-7-16-14/h5-8,10,12H,1-4,9,15H2,(H,16,17). The lowest BCUT2D eigenvalue weighted by Crippen LogP contribution is -2.35. The highest BCUT2D eigenvalue weighted by atomic mass is 32.1. The van der Waals surface area contributed by atoms with Crippen LogP contribution in [0.2, 0.25) is 0 Å². The monoisotopic (exact) mass is 261 g/mol. The molecule has 1 atom stereocenters. The Hall–Kier alpha value is -1.13. The molecule has 0 amide bonds. The third-order valence-electron chi connectivity index (χ3n) is 3.92. The molecule has 18 heavy (non-hydrogen) atoms. The minimum absolute atomic E-state index is 0.366. The van der Waals surface area contributed by atoms with Crippen molar-refractivity contribution in [1.29, 1.82) is 0 Å². The lowest BCUT2D eigenvalue weighted by Gasteiger charge is -2.24. The highest BCUT2D eigenvalue weighted by Gasteiger charge is 2.24. The van der Waals surface area contributed by atoms with E-state index >= 15 is 0 Å². The maximum Gasteiger partial charge on any atom is 0.134 e. The van der Waals surface area contributed by atoms with Gasteiger partial charge in [0, 0.05) is 28.9 Å². The summed E-state index contributed by atoms with van der Waals surface area (Å²) in [5.41, 5.74) is 5.93. The molecule has 0 saturated heterocycles. The van der Waals surface area contributed by atoms with Gasteiger partial charge in [-0.1, -0.05) is 12.8 Å². The molecule has 3 rings (SSSR count). The third kappa shape index (κ3) is 2.22. The first-order valence-corrected chi connectivity index (χ1v) is 7.55. The molecule has 2 aromatic rings. The van der Waals surface area contributed by atoms with E-state index in [1.807, 2.05) is 6.20 Å². The summed E-state index contributed by atoms with van der Waals surface area (Å²) in [6.45, 7) is 0.687. The number of nitrogens with one attached hydrogen (secondary N) is 1. The molecule has 1 fully saturated rings. The van der Waals surface area contributed by atoms with E-state index in [1.54, 1.807) is 11.3 Å². The summed E-state index contributed by atoms with van der Waals surface area (Å²) < 4.78 is 1.29. The fourth-order valence-corrected chi connectivity index (χ4v) is 3.70. The van der Waals surface area contributed by atoms with E-state index in [0.717, 1.165) is 5.82 Å². The van der Waals surface area contributed by atoms with Crippen molar-refractivity contribution in [2.24, 2.45) is 11.7 Å². The van der Waals surface area contributed by atoms with Gasteiger partial charge in [-0.3, -0.25) is 0 Å². The van der Waals surface area contributed by atoms with Crippen LogP contribution in [0.25, 0.3) is 10.1 Å². The number of pyridine rings is 1. The van der Waals surface area contributed by atoms with Crippen LogP contribution in [0.3, 0.4) is 0 Å². The number of fused-ring (bicyclic) bond motifs is 1. The molecule has 1 saturated carbocycles. The van der Waals surface area contributed by atoms with Gasteiger partial charge in [0.2, 0.25) is 0 Å². The maximum atomic E-state index is 5.93. The number of rotatable bonds is 4. The highest BCUT2D eigenvalue weighted by molar-refractivity contribution is 7.17. The van der Waals surface area contributed by atoms with Gasteiger partial charge in [0.15, 0.2) is 0 Å². The molecule has 0 aliphatic heterocycles. The molecule has 4 heteroatoms. The van der Waals surface area contributed by atoms with Crippen LogP contribution in [-0.4, -0.2) is 17.6 Å². The zero-order valence-electron chi connectivity index (χ0n) is 10.4. The summed E-state index contributed by atoms with van der Waals surface area (Å²) >= 11 is 1.76. The smallest absolute Gasteiger partial charge is 0.134 e. The van der Waals surface area contributed by atoms with E-state index in [9.17, 15) is 0 Å². The fraction of sp³-hybridized carbons (Fsp3) is 0.500. The lowest BCUT2D eigenvalue weighted by atomic mass is 9.98. The zero-order chi connectivity index (χ0) is 12.4. The van der Waals surface area contributed by atoms with Gasteiger partial charge in [0.1, 0.15) is 5.82 Å². The summed E-state index contributed by atoms with van der Waals surface area (Å²) in [4.78, 5) is 4.48.